The number of ether oxygens (including phenoxy) is 2. The van der Waals surface area contributed by atoms with Gasteiger partial charge >= 0.3 is 0 Å². The quantitative estimate of drug-likeness (QED) is 0.823. The van der Waals surface area contributed by atoms with Crippen LogP contribution >= 0.6 is 0 Å². The van der Waals surface area contributed by atoms with E-state index in [0.29, 0.717) is 29.4 Å². The van der Waals surface area contributed by atoms with Crippen molar-refractivity contribution < 1.29 is 9.47 Å². The molecule has 6 nitrogen and oxygen atoms in total. The van der Waals surface area contributed by atoms with Crippen molar-refractivity contribution in [3.05, 3.63) is 47.0 Å². The molecule has 23 heavy (non-hydrogen) atoms. The average Bonchev–Trinajstić information content (AvgIpc) is 2.59. The number of nitrogen functional groups attached to an aromatic ring is 1. The smallest absolute Gasteiger partial charge is 0.161 e. The monoisotopic (exact) mass is 308 g/mol. The van der Waals surface area contributed by atoms with Gasteiger partial charge in [0.2, 0.25) is 0 Å². The highest BCUT2D eigenvalue weighted by Crippen LogP contribution is 2.29. The van der Waals surface area contributed by atoms with Crippen LogP contribution < -0.4 is 20.5 Å². The van der Waals surface area contributed by atoms with Crippen molar-refractivity contribution in [1.29, 1.82) is 10.5 Å². The normalized spacial score (nSPS) is 9.57. The molecule has 3 N–H and O–H groups in total. The van der Waals surface area contributed by atoms with Gasteiger partial charge in [0.1, 0.15) is 12.1 Å². The lowest BCUT2D eigenvalue weighted by molar-refractivity contribution is 0.354. The number of rotatable bonds is 5. The number of anilines is 2. The molecule has 0 atom stereocenters. The van der Waals surface area contributed by atoms with Gasteiger partial charge in [0.25, 0.3) is 0 Å². The molecule has 0 saturated carbocycles. The predicted molar refractivity (Wildman–Crippen MR) is 87.2 cm³/mol. The first kappa shape index (κ1) is 16.0. The summed E-state index contributed by atoms with van der Waals surface area (Å²) < 4.78 is 10.5. The molecule has 0 aliphatic rings. The van der Waals surface area contributed by atoms with Gasteiger partial charge in [-0.25, -0.2) is 0 Å². The van der Waals surface area contributed by atoms with Crippen molar-refractivity contribution in [3.8, 4) is 23.6 Å². The second-order valence-corrected chi connectivity index (χ2v) is 4.75. The standard InChI is InChI=1S/C17H16N4O2/c1-22-16-4-3-11(5-17(16)23-2)10-21-15-7-13(9-19)12(8-18)6-14(15)20/h3-7,21H,10,20H2,1-2H3. The zero-order valence-corrected chi connectivity index (χ0v) is 12.9. The van der Waals surface area contributed by atoms with Crippen molar-refractivity contribution in [2.75, 3.05) is 25.3 Å². The Morgan fingerprint density at radius 2 is 1.65 bits per heavy atom. The Bertz CT molecular complexity index is 803. The Hall–Kier alpha value is -3.38. The Morgan fingerprint density at radius 3 is 2.26 bits per heavy atom. The maximum atomic E-state index is 9.08. The molecule has 6 heteroatoms. The van der Waals surface area contributed by atoms with E-state index in [1.807, 2.05) is 30.3 Å². The summed E-state index contributed by atoms with van der Waals surface area (Å²) in [5.41, 5.74) is 8.46. The third-order valence-electron chi connectivity index (χ3n) is 3.36. The molecule has 2 aromatic carbocycles. The number of benzene rings is 2. The molecule has 0 bridgehead atoms. The van der Waals surface area contributed by atoms with Crippen molar-refractivity contribution in [2.45, 2.75) is 6.54 Å². The van der Waals surface area contributed by atoms with Gasteiger partial charge in [-0.1, -0.05) is 6.07 Å². The first-order valence-corrected chi connectivity index (χ1v) is 6.81. The zero-order valence-electron chi connectivity index (χ0n) is 12.9. The maximum absolute atomic E-state index is 9.08. The molecule has 0 saturated heterocycles. The fourth-order valence-corrected chi connectivity index (χ4v) is 2.14. The number of nitrogens with zero attached hydrogens (tertiary/aromatic N) is 2. The molecule has 0 amide bonds. The fourth-order valence-electron chi connectivity index (χ4n) is 2.14. The molecule has 0 aliphatic carbocycles. The first-order valence-electron chi connectivity index (χ1n) is 6.81. The van der Waals surface area contributed by atoms with Crippen molar-refractivity contribution in [2.24, 2.45) is 0 Å². The molecule has 0 aliphatic heterocycles. The minimum absolute atomic E-state index is 0.265. The number of nitriles is 2. The molecular weight excluding hydrogens is 292 g/mol. The van der Waals surface area contributed by atoms with E-state index in [2.05, 4.69) is 5.32 Å². The summed E-state index contributed by atoms with van der Waals surface area (Å²) in [6, 6.07) is 12.6. The van der Waals surface area contributed by atoms with Gasteiger partial charge in [-0.2, -0.15) is 10.5 Å². The summed E-state index contributed by atoms with van der Waals surface area (Å²) in [6.45, 7) is 0.487. The highest BCUT2D eigenvalue weighted by molar-refractivity contribution is 5.72. The predicted octanol–water partition coefficient (Wildman–Crippen LogP) is 2.64. The molecular formula is C17H16N4O2. The van der Waals surface area contributed by atoms with Crippen molar-refractivity contribution >= 4 is 11.4 Å². The van der Waals surface area contributed by atoms with E-state index in [4.69, 9.17) is 25.7 Å². The van der Waals surface area contributed by atoms with Gasteiger partial charge in [0.05, 0.1) is 36.7 Å². The molecule has 2 aromatic rings. The van der Waals surface area contributed by atoms with Crippen LogP contribution in [0.15, 0.2) is 30.3 Å². The van der Waals surface area contributed by atoms with E-state index in [9.17, 15) is 0 Å². The average molecular weight is 308 g/mol. The van der Waals surface area contributed by atoms with Crippen LogP contribution in [0.4, 0.5) is 11.4 Å². The largest absolute Gasteiger partial charge is 0.493 e. The van der Waals surface area contributed by atoms with Gasteiger partial charge in [-0.15, -0.1) is 0 Å². The second kappa shape index (κ2) is 7.06. The Labute approximate surface area is 134 Å². The van der Waals surface area contributed by atoms with Crippen molar-refractivity contribution in [1.82, 2.24) is 0 Å². The number of methoxy groups -OCH3 is 2. The molecule has 0 unspecified atom stereocenters. The number of nitrogens with two attached hydrogens (primary N) is 1. The second-order valence-electron chi connectivity index (χ2n) is 4.75. The van der Waals surface area contributed by atoms with Crippen LogP contribution in [0.25, 0.3) is 0 Å². The minimum atomic E-state index is 0.265. The Morgan fingerprint density at radius 1 is 1.00 bits per heavy atom. The Balaban J connectivity index is 2.22. The topological polar surface area (TPSA) is 104 Å². The van der Waals surface area contributed by atoms with Crippen LogP contribution in [-0.2, 0) is 6.54 Å². The minimum Gasteiger partial charge on any atom is -0.493 e. The SMILES string of the molecule is COc1ccc(CNc2cc(C#N)c(C#N)cc2N)cc1OC. The van der Waals surface area contributed by atoms with Gasteiger partial charge in [-0.3, -0.25) is 0 Å². The third kappa shape index (κ3) is 3.45. The molecule has 0 spiro atoms. The lowest BCUT2D eigenvalue weighted by atomic mass is 10.1. The fraction of sp³-hybridized carbons (Fsp3) is 0.176. The van der Waals surface area contributed by atoms with Crippen LogP contribution in [-0.4, -0.2) is 14.2 Å². The van der Waals surface area contributed by atoms with E-state index in [1.54, 1.807) is 20.3 Å². The highest BCUT2D eigenvalue weighted by Gasteiger charge is 2.09. The molecule has 0 fully saturated rings. The molecule has 0 aromatic heterocycles. The summed E-state index contributed by atoms with van der Waals surface area (Å²) in [4.78, 5) is 0. The molecule has 0 radical (unpaired) electrons. The van der Waals surface area contributed by atoms with Crippen LogP contribution in [0.3, 0.4) is 0 Å². The van der Waals surface area contributed by atoms with Crippen molar-refractivity contribution in [3.63, 3.8) is 0 Å². The van der Waals surface area contributed by atoms with E-state index in [0.717, 1.165) is 5.56 Å². The summed E-state index contributed by atoms with van der Waals surface area (Å²) in [5.74, 6) is 1.29. The highest BCUT2D eigenvalue weighted by atomic mass is 16.5. The number of hydrogen-bond acceptors (Lipinski definition) is 6. The Kier molecular flexibility index (Phi) is 4.91. The molecule has 2 rings (SSSR count). The zero-order chi connectivity index (χ0) is 16.8. The van der Waals surface area contributed by atoms with E-state index >= 15 is 0 Å². The number of nitrogens with one attached hydrogen (secondary N) is 1. The molecule has 0 heterocycles. The van der Waals surface area contributed by atoms with Crippen LogP contribution in [0.1, 0.15) is 16.7 Å². The van der Waals surface area contributed by atoms with E-state index < -0.39 is 0 Å². The van der Waals surface area contributed by atoms with Crippen LogP contribution in [0.5, 0.6) is 11.5 Å². The maximum Gasteiger partial charge on any atom is 0.161 e. The lowest BCUT2D eigenvalue weighted by Crippen LogP contribution is -2.04. The van der Waals surface area contributed by atoms with Crippen LogP contribution in [0.2, 0.25) is 0 Å². The first-order chi connectivity index (χ1) is 11.1. The van der Waals surface area contributed by atoms with Crippen LogP contribution in [0, 0.1) is 22.7 Å². The van der Waals surface area contributed by atoms with Gasteiger partial charge in [0, 0.05) is 6.54 Å². The summed E-state index contributed by atoms with van der Waals surface area (Å²) in [6.07, 6.45) is 0. The van der Waals surface area contributed by atoms with Gasteiger partial charge in [0.15, 0.2) is 11.5 Å². The number of hydrogen-bond donors (Lipinski definition) is 2. The molecule has 116 valence electrons. The van der Waals surface area contributed by atoms with E-state index in [-0.39, 0.29) is 11.1 Å². The van der Waals surface area contributed by atoms with Gasteiger partial charge < -0.3 is 20.5 Å². The van der Waals surface area contributed by atoms with Gasteiger partial charge in [-0.05, 0) is 29.8 Å². The summed E-state index contributed by atoms with van der Waals surface area (Å²) in [7, 11) is 3.16. The lowest BCUT2D eigenvalue weighted by Gasteiger charge is -2.13. The summed E-state index contributed by atoms with van der Waals surface area (Å²) in [5, 5.41) is 21.2. The summed E-state index contributed by atoms with van der Waals surface area (Å²) >= 11 is 0. The van der Waals surface area contributed by atoms with E-state index in [1.165, 1.54) is 6.07 Å². The third-order valence-corrected chi connectivity index (χ3v) is 3.36.